The van der Waals surface area contributed by atoms with Crippen LogP contribution in [0.3, 0.4) is 0 Å². The summed E-state index contributed by atoms with van der Waals surface area (Å²) in [5.41, 5.74) is 0. The third-order valence-electron chi connectivity index (χ3n) is 2.95. The second-order valence-electron chi connectivity index (χ2n) is 3.65. The molecule has 1 fully saturated rings. The predicted molar refractivity (Wildman–Crippen MR) is 58.4 cm³/mol. The highest BCUT2D eigenvalue weighted by atomic mass is 32.1. The molecule has 2 heteroatoms. The first kappa shape index (κ1) is 9.40. The summed E-state index contributed by atoms with van der Waals surface area (Å²) in [4.78, 5) is 0. The zero-order valence-electron chi connectivity index (χ0n) is 7.29. The van der Waals surface area contributed by atoms with Crippen molar-refractivity contribution in [2.45, 2.75) is 19.0 Å². The summed E-state index contributed by atoms with van der Waals surface area (Å²) in [5.74, 6) is 3.61. The lowest BCUT2D eigenvalue weighted by atomic mass is 9.86. The average Bonchev–Trinajstić information content (AvgIpc) is 2.50. The van der Waals surface area contributed by atoms with E-state index in [1.54, 1.807) is 0 Å². The van der Waals surface area contributed by atoms with Crippen LogP contribution in [0.2, 0.25) is 12.1 Å². The molecule has 0 saturated carbocycles. The number of thiol groups is 1. The van der Waals surface area contributed by atoms with Crippen LogP contribution in [0.15, 0.2) is 12.7 Å². The van der Waals surface area contributed by atoms with Crippen LogP contribution in [0, 0.1) is 17.8 Å². The number of hydrogen-bond acceptors (Lipinski definition) is 1. The van der Waals surface area contributed by atoms with Gasteiger partial charge in [-0.1, -0.05) is 25.1 Å². The summed E-state index contributed by atoms with van der Waals surface area (Å²) in [6.45, 7) is 6.23. The molecule has 3 unspecified atom stereocenters. The molecule has 0 nitrogen and oxygen atoms in total. The zero-order valence-corrected chi connectivity index (χ0v) is 9.60. The Morgan fingerprint density at radius 1 is 1.73 bits per heavy atom. The van der Waals surface area contributed by atoms with E-state index >= 15 is 0 Å². The molecule has 0 aromatic heterocycles. The lowest BCUT2D eigenvalue weighted by Crippen LogP contribution is -2.15. The normalized spacial score (nSPS) is 35.8. The third-order valence-corrected chi connectivity index (χ3v) is 5.67. The van der Waals surface area contributed by atoms with Crippen molar-refractivity contribution >= 4 is 22.1 Å². The van der Waals surface area contributed by atoms with Crippen LogP contribution in [0.4, 0.5) is 0 Å². The molecule has 64 valence electrons. The Labute approximate surface area is 77.7 Å². The first-order valence-electron chi connectivity index (χ1n) is 4.53. The van der Waals surface area contributed by atoms with Gasteiger partial charge in [0.15, 0.2) is 0 Å². The fourth-order valence-electron chi connectivity index (χ4n) is 2.15. The molecule has 0 aliphatic carbocycles. The predicted octanol–water partition coefficient (Wildman–Crippen LogP) is 1.99. The number of hydrogen-bond donors (Lipinski definition) is 1. The molecule has 1 aliphatic rings. The van der Waals surface area contributed by atoms with Crippen molar-refractivity contribution in [3.63, 3.8) is 0 Å². The van der Waals surface area contributed by atoms with Crippen molar-refractivity contribution in [3.8, 4) is 0 Å². The van der Waals surface area contributed by atoms with Gasteiger partial charge < -0.3 is 0 Å². The minimum Gasteiger partial charge on any atom is -0.179 e. The van der Waals surface area contributed by atoms with Crippen molar-refractivity contribution in [2.75, 3.05) is 5.75 Å². The van der Waals surface area contributed by atoms with E-state index in [2.05, 4.69) is 32.2 Å². The first-order valence-corrected chi connectivity index (χ1v) is 7.16. The second kappa shape index (κ2) is 4.36. The molecule has 11 heavy (non-hydrogen) atoms. The molecule has 0 aromatic rings. The highest BCUT2D eigenvalue weighted by Gasteiger charge is 2.28. The molecule has 1 saturated heterocycles. The minimum atomic E-state index is 0.280. The van der Waals surface area contributed by atoms with Gasteiger partial charge in [0, 0.05) is 9.52 Å². The van der Waals surface area contributed by atoms with Crippen molar-refractivity contribution < 1.29 is 0 Å². The van der Waals surface area contributed by atoms with Gasteiger partial charge in [-0.05, 0) is 23.5 Å². The Morgan fingerprint density at radius 3 is 3.00 bits per heavy atom. The Bertz CT molecular complexity index is 136. The SMILES string of the molecule is C=CC1C[SiH2]CC1C(C)CS. The summed E-state index contributed by atoms with van der Waals surface area (Å²) < 4.78 is 0. The van der Waals surface area contributed by atoms with E-state index in [0.717, 1.165) is 23.5 Å². The molecule has 1 aliphatic heterocycles. The maximum atomic E-state index is 4.35. The molecule has 0 aromatic carbocycles. The molecule has 1 heterocycles. The van der Waals surface area contributed by atoms with Gasteiger partial charge >= 0.3 is 0 Å². The molecule has 0 radical (unpaired) electrons. The lowest BCUT2D eigenvalue weighted by molar-refractivity contribution is 0.367. The zero-order chi connectivity index (χ0) is 8.27. The molecule has 0 bridgehead atoms. The van der Waals surface area contributed by atoms with Crippen LogP contribution in [-0.2, 0) is 0 Å². The fraction of sp³-hybridized carbons (Fsp3) is 0.778. The quantitative estimate of drug-likeness (QED) is 0.389. The highest BCUT2D eigenvalue weighted by molar-refractivity contribution is 7.80. The van der Waals surface area contributed by atoms with Gasteiger partial charge in [0.25, 0.3) is 0 Å². The van der Waals surface area contributed by atoms with Crippen molar-refractivity contribution in [1.29, 1.82) is 0 Å². The smallest absolute Gasteiger partial charge is 0.0207 e. The van der Waals surface area contributed by atoms with E-state index in [0.29, 0.717) is 0 Å². The Balaban J connectivity index is 2.48. The molecule has 0 spiro atoms. The molecular formula is C9H18SSi. The topological polar surface area (TPSA) is 0 Å². The molecule has 0 amide bonds. The van der Waals surface area contributed by atoms with E-state index < -0.39 is 0 Å². The van der Waals surface area contributed by atoms with E-state index in [1.165, 1.54) is 12.1 Å². The van der Waals surface area contributed by atoms with E-state index in [4.69, 9.17) is 0 Å². The van der Waals surface area contributed by atoms with E-state index in [1.807, 2.05) is 0 Å². The molecule has 0 N–H and O–H groups in total. The molecule has 1 rings (SSSR count). The number of rotatable bonds is 3. The first-order chi connectivity index (χ1) is 5.29. The van der Waals surface area contributed by atoms with E-state index in [-0.39, 0.29) is 9.52 Å². The summed E-state index contributed by atoms with van der Waals surface area (Å²) >= 11 is 4.35. The lowest BCUT2D eigenvalue weighted by Gasteiger charge is -2.21. The summed E-state index contributed by atoms with van der Waals surface area (Å²) in [6.07, 6.45) is 2.17. The van der Waals surface area contributed by atoms with Gasteiger partial charge in [0.2, 0.25) is 0 Å². The van der Waals surface area contributed by atoms with Crippen molar-refractivity contribution in [1.82, 2.24) is 0 Å². The third kappa shape index (κ3) is 2.12. The largest absolute Gasteiger partial charge is 0.179 e. The number of allylic oxidation sites excluding steroid dienone is 1. The van der Waals surface area contributed by atoms with Crippen molar-refractivity contribution in [3.05, 3.63) is 12.7 Å². The van der Waals surface area contributed by atoms with E-state index in [9.17, 15) is 0 Å². The van der Waals surface area contributed by atoms with Crippen LogP contribution in [-0.4, -0.2) is 15.3 Å². The average molecular weight is 186 g/mol. The Hall–Kier alpha value is 0.307. The maximum Gasteiger partial charge on any atom is 0.0207 e. The summed E-state index contributed by atoms with van der Waals surface area (Å²) in [7, 11) is 0.280. The van der Waals surface area contributed by atoms with Gasteiger partial charge in [0.1, 0.15) is 0 Å². The molecular weight excluding hydrogens is 168 g/mol. The van der Waals surface area contributed by atoms with Crippen LogP contribution < -0.4 is 0 Å². The highest BCUT2D eigenvalue weighted by Crippen LogP contribution is 2.35. The molecule has 3 atom stereocenters. The van der Waals surface area contributed by atoms with Gasteiger partial charge in [-0.25, -0.2) is 0 Å². The second-order valence-corrected chi connectivity index (χ2v) is 5.88. The summed E-state index contributed by atoms with van der Waals surface area (Å²) in [5, 5.41) is 0. The Kier molecular flexibility index (Phi) is 3.73. The van der Waals surface area contributed by atoms with Gasteiger partial charge in [-0.15, -0.1) is 6.58 Å². The Morgan fingerprint density at radius 2 is 2.45 bits per heavy atom. The summed E-state index contributed by atoms with van der Waals surface area (Å²) in [6, 6.07) is 3.02. The monoisotopic (exact) mass is 186 g/mol. The van der Waals surface area contributed by atoms with Crippen LogP contribution in [0.1, 0.15) is 6.92 Å². The standard InChI is InChI=1S/C9H18SSi/c1-3-8-5-11-6-9(8)7(2)4-10/h3,7-10H,1,4-6,11H2,2H3. The van der Waals surface area contributed by atoms with Gasteiger partial charge in [-0.3, -0.25) is 0 Å². The van der Waals surface area contributed by atoms with Gasteiger partial charge in [-0.2, -0.15) is 12.6 Å². The van der Waals surface area contributed by atoms with Crippen LogP contribution >= 0.6 is 12.6 Å². The van der Waals surface area contributed by atoms with Crippen molar-refractivity contribution in [2.24, 2.45) is 17.8 Å². The fourth-order valence-corrected chi connectivity index (χ4v) is 5.26. The maximum absolute atomic E-state index is 4.35. The van der Waals surface area contributed by atoms with Gasteiger partial charge in [0.05, 0.1) is 0 Å². The van der Waals surface area contributed by atoms with Crippen LogP contribution in [0.25, 0.3) is 0 Å². The van der Waals surface area contributed by atoms with Crippen LogP contribution in [0.5, 0.6) is 0 Å². The minimum absolute atomic E-state index is 0.280.